The smallest absolute Gasteiger partial charge is 0.266 e. The zero-order valence-corrected chi connectivity index (χ0v) is 15.0. The van der Waals surface area contributed by atoms with Crippen molar-refractivity contribution in [3.05, 3.63) is 93.4 Å². The SMILES string of the molecule is C/C(=N/n1c(C)cc(C)c(C#N)c1=O)c1ccc(-c2ccccc2)cc1. The first-order chi connectivity index (χ1) is 12.5. The zero-order chi connectivity index (χ0) is 18.7. The van der Waals surface area contributed by atoms with E-state index in [2.05, 4.69) is 17.2 Å². The number of aryl methyl sites for hydroxylation is 2. The van der Waals surface area contributed by atoms with Gasteiger partial charge >= 0.3 is 0 Å². The van der Waals surface area contributed by atoms with Crippen LogP contribution in [-0.4, -0.2) is 10.4 Å². The first-order valence-electron chi connectivity index (χ1n) is 8.36. The normalized spacial score (nSPS) is 11.2. The third-order valence-corrected chi connectivity index (χ3v) is 4.33. The molecule has 1 heterocycles. The van der Waals surface area contributed by atoms with Crippen LogP contribution in [0.5, 0.6) is 0 Å². The van der Waals surface area contributed by atoms with Gasteiger partial charge in [0.2, 0.25) is 0 Å². The van der Waals surface area contributed by atoms with Crippen LogP contribution in [0.25, 0.3) is 11.1 Å². The lowest BCUT2D eigenvalue weighted by molar-refractivity contribution is 0.781. The molecule has 0 saturated heterocycles. The molecule has 128 valence electrons. The van der Waals surface area contributed by atoms with Gasteiger partial charge in [0.05, 0.1) is 5.71 Å². The van der Waals surface area contributed by atoms with Gasteiger partial charge in [0, 0.05) is 5.69 Å². The molecule has 0 amide bonds. The van der Waals surface area contributed by atoms with Crippen LogP contribution in [0.15, 0.2) is 70.6 Å². The molecular weight excluding hydrogens is 322 g/mol. The molecule has 1 aromatic heterocycles. The van der Waals surface area contributed by atoms with Gasteiger partial charge in [-0.05, 0) is 49.1 Å². The van der Waals surface area contributed by atoms with Crippen LogP contribution in [0.1, 0.15) is 29.3 Å². The molecule has 26 heavy (non-hydrogen) atoms. The van der Waals surface area contributed by atoms with Crippen molar-refractivity contribution in [3.8, 4) is 17.2 Å². The summed E-state index contributed by atoms with van der Waals surface area (Å²) in [5.74, 6) is 0. The Morgan fingerprint density at radius 1 is 1.00 bits per heavy atom. The molecule has 0 radical (unpaired) electrons. The highest BCUT2D eigenvalue weighted by atomic mass is 16.1. The van der Waals surface area contributed by atoms with Crippen molar-refractivity contribution < 1.29 is 0 Å². The van der Waals surface area contributed by atoms with E-state index in [1.165, 1.54) is 4.68 Å². The Balaban J connectivity index is 1.99. The molecule has 0 atom stereocenters. The monoisotopic (exact) mass is 341 g/mol. The van der Waals surface area contributed by atoms with Gasteiger partial charge in [0.15, 0.2) is 0 Å². The summed E-state index contributed by atoms with van der Waals surface area (Å²) >= 11 is 0. The number of nitrogens with zero attached hydrogens (tertiary/aromatic N) is 3. The number of benzene rings is 2. The summed E-state index contributed by atoms with van der Waals surface area (Å²) in [5.41, 5.74) is 5.03. The first-order valence-corrected chi connectivity index (χ1v) is 8.36. The predicted molar refractivity (Wildman–Crippen MR) is 104 cm³/mol. The van der Waals surface area contributed by atoms with Gasteiger partial charge in [-0.1, -0.05) is 54.6 Å². The quantitative estimate of drug-likeness (QED) is 0.668. The minimum absolute atomic E-state index is 0.131. The Labute approximate surface area is 152 Å². The van der Waals surface area contributed by atoms with E-state index in [0.717, 1.165) is 16.7 Å². The van der Waals surface area contributed by atoms with Gasteiger partial charge in [0.1, 0.15) is 11.6 Å². The van der Waals surface area contributed by atoms with Crippen LogP contribution < -0.4 is 5.56 Å². The average Bonchev–Trinajstić information content (AvgIpc) is 2.66. The number of hydrogen-bond donors (Lipinski definition) is 0. The van der Waals surface area contributed by atoms with E-state index in [0.29, 0.717) is 17.0 Å². The van der Waals surface area contributed by atoms with Crippen LogP contribution >= 0.6 is 0 Å². The molecule has 0 saturated carbocycles. The fourth-order valence-corrected chi connectivity index (χ4v) is 2.88. The largest absolute Gasteiger partial charge is 0.289 e. The van der Waals surface area contributed by atoms with Crippen LogP contribution in [0.3, 0.4) is 0 Å². The Bertz CT molecular complexity index is 1070. The van der Waals surface area contributed by atoms with Crippen LogP contribution in [-0.2, 0) is 0 Å². The number of pyridine rings is 1. The Morgan fingerprint density at radius 3 is 2.23 bits per heavy atom. The summed E-state index contributed by atoms with van der Waals surface area (Å²) < 4.78 is 1.30. The minimum atomic E-state index is -0.384. The number of nitriles is 1. The molecule has 2 aromatic carbocycles. The highest BCUT2D eigenvalue weighted by molar-refractivity contribution is 5.99. The molecule has 4 heteroatoms. The number of hydrogen-bond acceptors (Lipinski definition) is 3. The third kappa shape index (κ3) is 3.33. The van der Waals surface area contributed by atoms with Crippen molar-refractivity contribution >= 4 is 5.71 Å². The lowest BCUT2D eigenvalue weighted by Crippen LogP contribution is -2.23. The lowest BCUT2D eigenvalue weighted by atomic mass is 10.0. The summed E-state index contributed by atoms with van der Waals surface area (Å²) in [7, 11) is 0. The molecule has 3 rings (SSSR count). The van der Waals surface area contributed by atoms with Gasteiger partial charge in [-0.25, -0.2) is 4.68 Å². The van der Waals surface area contributed by atoms with Gasteiger partial charge < -0.3 is 0 Å². The molecule has 0 aliphatic carbocycles. The molecular formula is C22H19N3O. The van der Waals surface area contributed by atoms with Crippen molar-refractivity contribution in [3.63, 3.8) is 0 Å². The number of rotatable bonds is 3. The molecule has 0 N–H and O–H groups in total. The lowest BCUT2D eigenvalue weighted by Gasteiger charge is -2.09. The molecule has 0 aliphatic heterocycles. The summed E-state index contributed by atoms with van der Waals surface area (Å²) in [6.07, 6.45) is 0. The van der Waals surface area contributed by atoms with Gasteiger partial charge in [-0.15, -0.1) is 0 Å². The van der Waals surface area contributed by atoms with Crippen LogP contribution in [0, 0.1) is 25.2 Å². The standard InChI is InChI=1S/C22H19N3O/c1-15-13-16(2)25(22(26)21(15)14-23)24-17(3)18-9-11-20(12-10-18)19-7-5-4-6-8-19/h4-13H,1-3H3/b24-17-. The van der Waals surface area contributed by atoms with Gasteiger partial charge in [0.25, 0.3) is 5.56 Å². The molecule has 0 unspecified atom stereocenters. The van der Waals surface area contributed by atoms with Crippen molar-refractivity contribution in [2.24, 2.45) is 5.10 Å². The van der Waals surface area contributed by atoms with E-state index in [1.54, 1.807) is 13.0 Å². The highest BCUT2D eigenvalue weighted by Crippen LogP contribution is 2.19. The van der Waals surface area contributed by atoms with E-state index in [4.69, 9.17) is 0 Å². The Hall–Kier alpha value is -3.45. The van der Waals surface area contributed by atoms with Crippen molar-refractivity contribution in [2.45, 2.75) is 20.8 Å². The topological polar surface area (TPSA) is 58.1 Å². The maximum Gasteiger partial charge on any atom is 0.289 e. The summed E-state index contributed by atoms with van der Waals surface area (Å²) in [5, 5.41) is 13.6. The maximum absolute atomic E-state index is 12.5. The fourth-order valence-electron chi connectivity index (χ4n) is 2.88. The second-order valence-corrected chi connectivity index (χ2v) is 6.20. The van der Waals surface area contributed by atoms with Crippen LogP contribution in [0.4, 0.5) is 0 Å². The second kappa shape index (κ2) is 7.20. The molecule has 0 bridgehead atoms. The zero-order valence-electron chi connectivity index (χ0n) is 15.0. The first kappa shape index (κ1) is 17.4. The molecule has 4 nitrogen and oxygen atoms in total. The third-order valence-electron chi connectivity index (χ3n) is 4.33. The molecule has 0 fully saturated rings. The minimum Gasteiger partial charge on any atom is -0.266 e. The Kier molecular flexibility index (Phi) is 4.81. The van der Waals surface area contributed by atoms with Gasteiger partial charge in [-0.3, -0.25) is 4.79 Å². The maximum atomic E-state index is 12.5. The molecule has 3 aromatic rings. The van der Waals surface area contributed by atoms with E-state index in [-0.39, 0.29) is 11.1 Å². The van der Waals surface area contributed by atoms with Crippen LogP contribution in [0.2, 0.25) is 0 Å². The van der Waals surface area contributed by atoms with Crippen molar-refractivity contribution in [1.82, 2.24) is 4.68 Å². The van der Waals surface area contributed by atoms with Crippen molar-refractivity contribution in [1.29, 1.82) is 5.26 Å². The van der Waals surface area contributed by atoms with Crippen molar-refractivity contribution in [2.75, 3.05) is 0 Å². The van der Waals surface area contributed by atoms with E-state index in [1.807, 2.05) is 62.4 Å². The summed E-state index contributed by atoms with van der Waals surface area (Å²) in [6, 6.07) is 22.0. The summed E-state index contributed by atoms with van der Waals surface area (Å²) in [4.78, 5) is 12.5. The highest BCUT2D eigenvalue weighted by Gasteiger charge is 2.10. The van der Waals surface area contributed by atoms with E-state index >= 15 is 0 Å². The Morgan fingerprint density at radius 2 is 1.62 bits per heavy atom. The van der Waals surface area contributed by atoms with Gasteiger partial charge in [-0.2, -0.15) is 10.4 Å². The summed E-state index contributed by atoms with van der Waals surface area (Å²) in [6.45, 7) is 5.43. The average molecular weight is 341 g/mol. The second-order valence-electron chi connectivity index (χ2n) is 6.20. The number of aromatic nitrogens is 1. The predicted octanol–water partition coefficient (Wildman–Crippen LogP) is 4.28. The molecule has 0 aliphatic rings. The fraction of sp³-hybridized carbons (Fsp3) is 0.136. The molecule has 0 spiro atoms. The van der Waals surface area contributed by atoms with E-state index < -0.39 is 0 Å². The van der Waals surface area contributed by atoms with E-state index in [9.17, 15) is 10.1 Å².